The minimum atomic E-state index is -4.53. The van der Waals surface area contributed by atoms with Crippen LogP contribution in [0.1, 0.15) is 11.3 Å². The number of benzene rings is 1. The van der Waals surface area contributed by atoms with Crippen LogP contribution in [0.5, 0.6) is 0 Å². The fourth-order valence-corrected chi connectivity index (χ4v) is 1.88. The van der Waals surface area contributed by atoms with Gasteiger partial charge in [0.2, 0.25) is 0 Å². The zero-order valence-corrected chi connectivity index (χ0v) is 8.74. The summed E-state index contributed by atoms with van der Waals surface area (Å²) in [5.41, 5.74) is 4.27. The zero-order valence-electron chi connectivity index (χ0n) is 8.74. The average Bonchev–Trinajstić information content (AvgIpc) is 2.59. The van der Waals surface area contributed by atoms with Crippen molar-refractivity contribution in [3.05, 3.63) is 35.3 Å². The average molecular weight is 246 g/mol. The third-order valence-corrected chi connectivity index (χ3v) is 2.57. The van der Waals surface area contributed by atoms with Crippen LogP contribution in [-0.4, -0.2) is 11.5 Å². The van der Waals surface area contributed by atoms with Crippen LogP contribution in [0.25, 0.3) is 10.9 Å². The Morgan fingerprint density at radius 1 is 1.24 bits per heavy atom. The molecule has 2 aromatic rings. The van der Waals surface area contributed by atoms with Gasteiger partial charge < -0.3 is 10.7 Å². The molecule has 0 amide bonds. The van der Waals surface area contributed by atoms with Gasteiger partial charge in [-0.3, -0.25) is 0 Å². The fraction of sp³-hybridized carbons (Fsp3) is 0.273. The number of rotatable bonds is 2. The molecule has 0 aliphatic rings. The van der Waals surface area contributed by atoms with Gasteiger partial charge in [-0.1, -0.05) is 12.1 Å². The van der Waals surface area contributed by atoms with Gasteiger partial charge in [-0.2, -0.15) is 13.2 Å². The third-order valence-electron chi connectivity index (χ3n) is 2.57. The Hall–Kier alpha value is -1.56. The molecule has 0 radical (unpaired) electrons. The van der Waals surface area contributed by atoms with Crippen LogP contribution in [0.2, 0.25) is 0 Å². The molecule has 0 saturated carbocycles. The molecule has 0 aliphatic carbocycles. The number of nitrogens with two attached hydrogens (primary N) is 1. The lowest BCUT2D eigenvalue weighted by Crippen LogP contribution is -2.11. The van der Waals surface area contributed by atoms with Crippen LogP contribution in [-0.2, 0) is 12.6 Å². The predicted molar refractivity (Wildman–Crippen MR) is 56.0 cm³/mol. The van der Waals surface area contributed by atoms with Gasteiger partial charge >= 0.3 is 6.18 Å². The number of aromatic nitrogens is 1. The highest BCUT2D eigenvalue weighted by Crippen LogP contribution is 2.36. The summed E-state index contributed by atoms with van der Waals surface area (Å²) in [6.07, 6.45) is -4.48. The molecule has 1 heterocycles. The zero-order chi connectivity index (χ0) is 12.6. The molecule has 6 heteroatoms. The van der Waals surface area contributed by atoms with E-state index in [-0.39, 0.29) is 29.4 Å². The maximum absolute atomic E-state index is 13.4. The van der Waals surface area contributed by atoms with Crippen LogP contribution >= 0.6 is 0 Å². The molecular formula is C11H10F4N2. The molecule has 3 N–H and O–H groups in total. The third kappa shape index (κ3) is 2.00. The number of halogens is 4. The van der Waals surface area contributed by atoms with E-state index >= 15 is 0 Å². The number of nitrogens with one attached hydrogen (secondary N) is 1. The van der Waals surface area contributed by atoms with Crippen molar-refractivity contribution in [1.82, 2.24) is 4.98 Å². The smallest absolute Gasteiger partial charge is 0.348 e. The van der Waals surface area contributed by atoms with Gasteiger partial charge in [0.1, 0.15) is 11.5 Å². The van der Waals surface area contributed by atoms with Gasteiger partial charge in [-0.05, 0) is 24.6 Å². The fourth-order valence-electron chi connectivity index (χ4n) is 1.88. The summed E-state index contributed by atoms with van der Waals surface area (Å²) in [6, 6.07) is 3.95. The largest absolute Gasteiger partial charge is 0.431 e. The van der Waals surface area contributed by atoms with E-state index in [0.717, 1.165) is 6.07 Å². The maximum Gasteiger partial charge on any atom is 0.431 e. The lowest BCUT2D eigenvalue weighted by Gasteiger charge is -2.07. The Morgan fingerprint density at radius 2 is 1.94 bits per heavy atom. The second-order valence-electron chi connectivity index (χ2n) is 3.68. The summed E-state index contributed by atoms with van der Waals surface area (Å²) >= 11 is 0. The highest BCUT2D eigenvalue weighted by Gasteiger charge is 2.36. The van der Waals surface area contributed by atoms with Crippen LogP contribution < -0.4 is 5.73 Å². The van der Waals surface area contributed by atoms with Crippen molar-refractivity contribution in [2.24, 2.45) is 5.73 Å². The van der Waals surface area contributed by atoms with Gasteiger partial charge in [-0.25, -0.2) is 4.39 Å². The van der Waals surface area contributed by atoms with E-state index in [0.29, 0.717) is 0 Å². The van der Waals surface area contributed by atoms with Crippen LogP contribution in [0.4, 0.5) is 17.6 Å². The highest BCUT2D eigenvalue weighted by atomic mass is 19.4. The summed E-state index contributed by atoms with van der Waals surface area (Å²) in [5, 5.41) is 0.239. The quantitative estimate of drug-likeness (QED) is 0.786. The Labute approximate surface area is 94.4 Å². The normalized spacial score (nSPS) is 12.3. The van der Waals surface area contributed by atoms with Crippen molar-refractivity contribution in [3.8, 4) is 0 Å². The molecule has 0 bridgehead atoms. The second kappa shape index (κ2) is 4.03. The lowest BCUT2D eigenvalue weighted by molar-refractivity contribution is -0.141. The highest BCUT2D eigenvalue weighted by molar-refractivity contribution is 5.85. The second-order valence-corrected chi connectivity index (χ2v) is 3.68. The van der Waals surface area contributed by atoms with E-state index < -0.39 is 17.7 Å². The Morgan fingerprint density at radius 3 is 2.53 bits per heavy atom. The molecule has 1 aromatic heterocycles. The van der Waals surface area contributed by atoms with E-state index in [4.69, 9.17) is 5.73 Å². The van der Waals surface area contributed by atoms with Crippen molar-refractivity contribution in [2.75, 3.05) is 6.54 Å². The topological polar surface area (TPSA) is 41.8 Å². The van der Waals surface area contributed by atoms with Gasteiger partial charge in [-0.15, -0.1) is 0 Å². The predicted octanol–water partition coefficient (Wildman–Crippen LogP) is 2.83. The summed E-state index contributed by atoms with van der Waals surface area (Å²) in [5.74, 6) is -0.698. The van der Waals surface area contributed by atoms with Crippen LogP contribution in [0.3, 0.4) is 0 Å². The van der Waals surface area contributed by atoms with E-state index in [1.54, 1.807) is 0 Å². The first-order valence-corrected chi connectivity index (χ1v) is 5.01. The molecule has 17 heavy (non-hydrogen) atoms. The summed E-state index contributed by atoms with van der Waals surface area (Å²) in [7, 11) is 0. The standard InChI is InChI=1S/C11H10F4N2/c12-8-3-1-2-6-7(4-5-16)10(11(13,14)15)17-9(6)8/h1-3,17H,4-5,16H2. The van der Waals surface area contributed by atoms with Crippen molar-refractivity contribution in [3.63, 3.8) is 0 Å². The monoisotopic (exact) mass is 246 g/mol. The number of aromatic amines is 1. The summed E-state index contributed by atoms with van der Waals surface area (Å²) < 4.78 is 51.6. The van der Waals surface area contributed by atoms with Crippen molar-refractivity contribution >= 4 is 10.9 Å². The summed E-state index contributed by atoms with van der Waals surface area (Å²) in [4.78, 5) is 2.10. The molecule has 0 spiro atoms. The van der Waals surface area contributed by atoms with Crippen molar-refractivity contribution < 1.29 is 17.6 Å². The molecular weight excluding hydrogens is 236 g/mol. The number of H-pyrrole nitrogens is 1. The molecule has 0 fully saturated rings. The maximum atomic E-state index is 13.4. The molecule has 0 unspecified atom stereocenters. The Balaban J connectivity index is 2.75. The number of alkyl halides is 3. The molecule has 92 valence electrons. The van der Waals surface area contributed by atoms with Crippen molar-refractivity contribution in [2.45, 2.75) is 12.6 Å². The number of fused-ring (bicyclic) bond motifs is 1. The molecule has 0 aliphatic heterocycles. The molecule has 0 saturated heterocycles. The van der Waals surface area contributed by atoms with Crippen molar-refractivity contribution in [1.29, 1.82) is 0 Å². The first-order chi connectivity index (χ1) is 7.95. The summed E-state index contributed by atoms with van der Waals surface area (Å²) in [6.45, 7) is 0.0759. The van der Waals surface area contributed by atoms with Gasteiger partial charge in [0.25, 0.3) is 0 Å². The SMILES string of the molecule is NCCc1c(C(F)(F)F)[nH]c2c(F)cccc12. The van der Waals surface area contributed by atoms with E-state index in [2.05, 4.69) is 4.98 Å². The Bertz CT molecular complexity index is 542. The first-order valence-electron chi connectivity index (χ1n) is 5.01. The molecule has 0 atom stereocenters. The molecule has 2 rings (SSSR count). The number of hydrogen-bond donors (Lipinski definition) is 2. The minimum Gasteiger partial charge on any atom is -0.348 e. The van der Waals surface area contributed by atoms with E-state index in [9.17, 15) is 17.6 Å². The number of para-hydroxylation sites is 1. The number of hydrogen-bond acceptors (Lipinski definition) is 1. The van der Waals surface area contributed by atoms with Gasteiger partial charge in [0, 0.05) is 5.39 Å². The van der Waals surface area contributed by atoms with Gasteiger partial charge in [0.05, 0.1) is 5.52 Å². The van der Waals surface area contributed by atoms with Gasteiger partial charge in [0.15, 0.2) is 0 Å². The first kappa shape index (κ1) is 11.9. The van der Waals surface area contributed by atoms with Crippen LogP contribution in [0.15, 0.2) is 18.2 Å². The minimum absolute atomic E-state index is 0.0227. The molecule has 1 aromatic carbocycles. The Kier molecular flexibility index (Phi) is 2.82. The molecule has 2 nitrogen and oxygen atoms in total. The van der Waals surface area contributed by atoms with Crippen LogP contribution in [0, 0.1) is 5.82 Å². The van der Waals surface area contributed by atoms with E-state index in [1.807, 2.05) is 0 Å². The van der Waals surface area contributed by atoms with E-state index in [1.165, 1.54) is 12.1 Å². The lowest BCUT2D eigenvalue weighted by atomic mass is 10.1.